The number of piperidine rings is 1. The third-order valence-electron chi connectivity index (χ3n) is 6.13. The van der Waals surface area contributed by atoms with E-state index < -0.39 is 0 Å². The molecule has 0 saturated carbocycles. The van der Waals surface area contributed by atoms with Crippen LogP contribution in [0, 0.1) is 0 Å². The summed E-state index contributed by atoms with van der Waals surface area (Å²) in [6, 6.07) is 16.0. The topological polar surface area (TPSA) is 84.9 Å². The van der Waals surface area contributed by atoms with E-state index in [1.165, 1.54) is 24.9 Å². The highest BCUT2D eigenvalue weighted by atomic mass is 32.2. The molecule has 1 fully saturated rings. The van der Waals surface area contributed by atoms with Crippen molar-refractivity contribution in [1.82, 2.24) is 5.48 Å². The molecule has 1 aliphatic rings. The van der Waals surface area contributed by atoms with E-state index in [0.717, 1.165) is 48.6 Å². The fraction of sp³-hybridized carbons (Fsp3) is 0.462. The molecule has 1 aliphatic heterocycles. The van der Waals surface area contributed by atoms with Crippen molar-refractivity contribution in [3.05, 3.63) is 48.5 Å². The largest absolute Gasteiger partial charge is 0.372 e. The van der Waals surface area contributed by atoms with Crippen LogP contribution in [-0.4, -0.2) is 43.0 Å². The molecule has 3 amide bonds. The molecule has 8 heteroatoms. The molecule has 3 N–H and O–H groups in total. The number of unbranched alkanes of at least 4 members (excludes halogenated alkanes) is 3. The molecule has 0 aliphatic carbocycles. The van der Waals surface area contributed by atoms with Crippen molar-refractivity contribution in [2.24, 2.45) is 0 Å². The Bertz CT molecular complexity index is 899. The number of nitrogens with zero attached hydrogens (tertiary/aromatic N) is 2. The van der Waals surface area contributed by atoms with Crippen LogP contribution in [0.5, 0.6) is 0 Å². The van der Waals surface area contributed by atoms with Gasteiger partial charge in [0.25, 0.3) is 0 Å². The Hall–Kier alpha value is -2.71. The summed E-state index contributed by atoms with van der Waals surface area (Å²) in [5.41, 5.74) is 4.52. The summed E-state index contributed by atoms with van der Waals surface area (Å²) in [4.78, 5) is 29.7. The van der Waals surface area contributed by atoms with Gasteiger partial charge in [0, 0.05) is 48.0 Å². The summed E-state index contributed by atoms with van der Waals surface area (Å²) in [5.74, 6) is -0.359. The molecule has 2 aromatic rings. The fourth-order valence-corrected chi connectivity index (χ4v) is 4.58. The van der Waals surface area contributed by atoms with Gasteiger partial charge >= 0.3 is 6.03 Å². The van der Waals surface area contributed by atoms with Crippen LogP contribution < -0.4 is 20.6 Å². The summed E-state index contributed by atoms with van der Waals surface area (Å²) < 4.78 is 0. The van der Waals surface area contributed by atoms with Gasteiger partial charge in [-0.2, -0.15) is 0 Å². The molecule has 0 atom stereocenters. The van der Waals surface area contributed by atoms with Crippen LogP contribution in [0.15, 0.2) is 53.4 Å². The summed E-state index contributed by atoms with van der Waals surface area (Å²) in [5, 5.41) is 11.6. The zero-order chi connectivity index (χ0) is 24.2. The molecule has 34 heavy (non-hydrogen) atoms. The first-order chi connectivity index (χ1) is 16.6. The smallest absolute Gasteiger partial charge is 0.326 e. The van der Waals surface area contributed by atoms with Gasteiger partial charge in [-0.3, -0.25) is 14.9 Å². The summed E-state index contributed by atoms with van der Waals surface area (Å²) >= 11 is 1.67. The van der Waals surface area contributed by atoms with Crippen LogP contribution in [0.1, 0.15) is 51.4 Å². The van der Waals surface area contributed by atoms with E-state index >= 15 is 0 Å². The molecule has 0 radical (unpaired) electrons. The van der Waals surface area contributed by atoms with Crippen LogP contribution in [-0.2, 0) is 4.79 Å². The van der Waals surface area contributed by atoms with E-state index in [4.69, 9.17) is 5.21 Å². The van der Waals surface area contributed by atoms with Crippen LogP contribution in [0.2, 0.25) is 0 Å². The number of hydrogen-bond donors (Lipinski definition) is 3. The molecular weight excluding hydrogens is 448 g/mol. The summed E-state index contributed by atoms with van der Waals surface area (Å²) in [6.07, 6.45) is 9.40. The third-order valence-corrected chi connectivity index (χ3v) is 6.87. The van der Waals surface area contributed by atoms with Crippen molar-refractivity contribution >= 4 is 40.8 Å². The van der Waals surface area contributed by atoms with E-state index in [2.05, 4.69) is 22.3 Å². The van der Waals surface area contributed by atoms with Gasteiger partial charge in [0.1, 0.15) is 0 Å². The molecule has 7 nitrogen and oxygen atoms in total. The average molecular weight is 485 g/mol. The number of rotatable bonds is 11. The van der Waals surface area contributed by atoms with Gasteiger partial charge in [0.15, 0.2) is 0 Å². The van der Waals surface area contributed by atoms with Gasteiger partial charge in [-0.05, 0) is 86.9 Å². The first-order valence-corrected chi connectivity index (χ1v) is 13.3. The van der Waals surface area contributed by atoms with Crippen LogP contribution in [0.4, 0.5) is 21.9 Å². The van der Waals surface area contributed by atoms with Crippen molar-refractivity contribution in [1.29, 1.82) is 0 Å². The number of benzene rings is 2. The zero-order valence-electron chi connectivity index (χ0n) is 20.0. The van der Waals surface area contributed by atoms with Crippen molar-refractivity contribution in [3.63, 3.8) is 0 Å². The zero-order valence-corrected chi connectivity index (χ0v) is 20.8. The quantitative estimate of drug-likeness (QED) is 0.160. The minimum Gasteiger partial charge on any atom is -0.372 e. The molecule has 1 heterocycles. The van der Waals surface area contributed by atoms with Gasteiger partial charge in [0.2, 0.25) is 5.91 Å². The lowest BCUT2D eigenvalue weighted by molar-refractivity contribution is -0.129. The number of hydrogen-bond acceptors (Lipinski definition) is 5. The minimum atomic E-state index is -0.359. The second-order valence-corrected chi connectivity index (χ2v) is 9.45. The molecular formula is C26H36N4O3S. The normalized spacial score (nSPS) is 13.4. The number of anilines is 3. The maximum atomic E-state index is 13.2. The van der Waals surface area contributed by atoms with E-state index in [1.807, 2.05) is 42.7 Å². The van der Waals surface area contributed by atoms with E-state index in [-0.39, 0.29) is 11.9 Å². The Balaban J connectivity index is 1.63. The first kappa shape index (κ1) is 25.9. The molecule has 2 aromatic carbocycles. The Kier molecular flexibility index (Phi) is 10.6. The van der Waals surface area contributed by atoms with Crippen molar-refractivity contribution in [3.8, 4) is 0 Å². The lowest BCUT2D eigenvalue weighted by atomic mass is 10.1. The Morgan fingerprint density at radius 1 is 0.941 bits per heavy atom. The minimum absolute atomic E-state index is 0.151. The second-order valence-electron chi connectivity index (χ2n) is 8.57. The Labute approximate surface area is 206 Å². The van der Waals surface area contributed by atoms with Crippen LogP contribution >= 0.6 is 11.8 Å². The molecule has 1 saturated heterocycles. The number of nitrogens with one attached hydrogen (secondary N) is 2. The van der Waals surface area contributed by atoms with Crippen LogP contribution in [0.25, 0.3) is 0 Å². The summed E-state index contributed by atoms with van der Waals surface area (Å²) in [7, 11) is 0. The number of thioether (sulfide) groups is 1. The molecule has 3 rings (SSSR count). The van der Waals surface area contributed by atoms with Crippen molar-refractivity contribution < 1.29 is 14.8 Å². The van der Waals surface area contributed by atoms with E-state index in [1.54, 1.807) is 22.1 Å². The van der Waals surface area contributed by atoms with E-state index in [9.17, 15) is 9.59 Å². The molecule has 184 valence electrons. The average Bonchev–Trinajstić information content (AvgIpc) is 2.89. The monoisotopic (exact) mass is 484 g/mol. The molecule has 0 bridgehead atoms. The fourth-order valence-electron chi connectivity index (χ4n) is 4.17. The van der Waals surface area contributed by atoms with Gasteiger partial charge in [0.05, 0.1) is 0 Å². The highest BCUT2D eigenvalue weighted by molar-refractivity contribution is 7.98. The lowest BCUT2D eigenvalue weighted by Gasteiger charge is -2.29. The van der Waals surface area contributed by atoms with Crippen molar-refractivity contribution in [2.45, 2.75) is 56.3 Å². The number of urea groups is 1. The Morgan fingerprint density at radius 2 is 1.62 bits per heavy atom. The molecule has 0 aromatic heterocycles. The number of carbonyl (C=O) groups excluding carboxylic acids is 2. The SMILES string of the molecule is CSc1ccc(NC(=O)N(CCCCCCC(=O)NO)c2ccc(N3CCCCC3)cc2)cc1. The number of hydroxylamine groups is 1. The van der Waals surface area contributed by atoms with Gasteiger partial charge in [-0.15, -0.1) is 11.8 Å². The predicted molar refractivity (Wildman–Crippen MR) is 140 cm³/mol. The summed E-state index contributed by atoms with van der Waals surface area (Å²) in [6.45, 7) is 2.76. The predicted octanol–water partition coefficient (Wildman–Crippen LogP) is 5.89. The maximum absolute atomic E-state index is 13.2. The standard InChI is InChI=1S/C26H36N4O3S/c1-34-24-16-10-21(11-17-24)27-26(32)30(20-8-3-2-5-9-25(31)28-33)23-14-12-22(13-15-23)29-18-6-4-7-19-29/h10-17,33H,2-9,18-20H2,1H3,(H,27,32)(H,28,31). The highest BCUT2D eigenvalue weighted by Crippen LogP contribution is 2.25. The lowest BCUT2D eigenvalue weighted by Crippen LogP contribution is -2.36. The van der Waals surface area contributed by atoms with Crippen molar-refractivity contribution in [2.75, 3.05) is 41.0 Å². The number of amides is 3. The number of carbonyl (C=O) groups is 2. The van der Waals surface area contributed by atoms with Crippen LogP contribution in [0.3, 0.4) is 0 Å². The van der Waals surface area contributed by atoms with Gasteiger partial charge in [-0.1, -0.05) is 12.8 Å². The van der Waals surface area contributed by atoms with E-state index in [0.29, 0.717) is 19.4 Å². The highest BCUT2D eigenvalue weighted by Gasteiger charge is 2.17. The first-order valence-electron chi connectivity index (χ1n) is 12.1. The van der Waals surface area contributed by atoms with Gasteiger partial charge < -0.3 is 10.2 Å². The third kappa shape index (κ3) is 7.95. The molecule has 0 spiro atoms. The molecule has 0 unspecified atom stereocenters. The van der Waals surface area contributed by atoms with Gasteiger partial charge in [-0.25, -0.2) is 10.3 Å². The second kappa shape index (κ2) is 13.9. The maximum Gasteiger partial charge on any atom is 0.326 e. The Morgan fingerprint density at radius 3 is 2.26 bits per heavy atom.